The highest BCUT2D eigenvalue weighted by atomic mass is 32.2. The summed E-state index contributed by atoms with van der Waals surface area (Å²) in [6.45, 7) is 7.20. The first-order valence-corrected chi connectivity index (χ1v) is 6.79. The molecule has 5 heteroatoms. The van der Waals surface area contributed by atoms with Crippen molar-refractivity contribution in [3.8, 4) is 0 Å². The molecule has 0 bridgehead atoms. The molecule has 0 aliphatic rings. The monoisotopic (exact) mass is 250 g/mol. The molecule has 0 radical (unpaired) electrons. The van der Waals surface area contributed by atoms with Crippen LogP contribution >= 0.6 is 11.8 Å². The average Bonchev–Trinajstić information content (AvgIpc) is 2.54. The maximum atomic E-state index is 5.97. The van der Waals surface area contributed by atoms with Crippen molar-refractivity contribution < 1.29 is 0 Å². The Morgan fingerprint density at radius 3 is 2.82 bits per heavy atom. The lowest BCUT2D eigenvalue weighted by Crippen LogP contribution is -2.23. The minimum Gasteiger partial charge on any atom is -0.369 e. The Hall–Kier alpha value is -1.23. The average molecular weight is 250 g/mol. The summed E-state index contributed by atoms with van der Waals surface area (Å²) < 4.78 is 2.11. The van der Waals surface area contributed by atoms with Gasteiger partial charge < -0.3 is 5.73 Å². The molecule has 0 aliphatic heterocycles. The van der Waals surface area contributed by atoms with Crippen molar-refractivity contribution >= 4 is 28.9 Å². The molecule has 0 saturated heterocycles. The highest BCUT2D eigenvalue weighted by Crippen LogP contribution is 2.27. The zero-order chi connectivity index (χ0) is 12.6. The summed E-state index contributed by atoms with van der Waals surface area (Å²) in [5.74, 6) is 0.542. The van der Waals surface area contributed by atoms with Gasteiger partial charge in [0.1, 0.15) is 5.52 Å². The van der Waals surface area contributed by atoms with Crippen molar-refractivity contribution in [2.45, 2.75) is 32.1 Å². The first kappa shape index (κ1) is 12.2. The molecule has 2 aromatic heterocycles. The molecule has 0 spiro atoms. The number of nitrogens with zero attached hydrogens (tertiary/aromatic N) is 3. The summed E-state index contributed by atoms with van der Waals surface area (Å²) in [6.07, 6.45) is 3.96. The first-order chi connectivity index (χ1) is 7.93. The van der Waals surface area contributed by atoms with Gasteiger partial charge in [-0.25, -0.2) is 9.97 Å². The lowest BCUT2D eigenvalue weighted by atomic mass is 10.2. The standard InChI is InChI=1S/C12H18N4S/c1-8-5-9-10(14-6-8)16(11(13)15-9)7-12(2,3)17-4/h5-6H,7H2,1-4H3,(H2,13,15). The molecule has 2 N–H and O–H groups in total. The number of pyridine rings is 1. The molecular weight excluding hydrogens is 232 g/mol. The molecule has 2 aromatic rings. The van der Waals surface area contributed by atoms with Crippen LogP contribution in [-0.4, -0.2) is 25.5 Å². The summed E-state index contributed by atoms with van der Waals surface area (Å²) in [5.41, 5.74) is 8.82. The lowest BCUT2D eigenvalue weighted by molar-refractivity contribution is 0.582. The Morgan fingerprint density at radius 1 is 1.47 bits per heavy atom. The largest absolute Gasteiger partial charge is 0.369 e. The van der Waals surface area contributed by atoms with Gasteiger partial charge in [0, 0.05) is 17.5 Å². The van der Waals surface area contributed by atoms with Gasteiger partial charge >= 0.3 is 0 Å². The van der Waals surface area contributed by atoms with E-state index in [0.717, 1.165) is 23.3 Å². The molecule has 2 rings (SSSR count). The zero-order valence-corrected chi connectivity index (χ0v) is 11.5. The fourth-order valence-electron chi connectivity index (χ4n) is 1.73. The van der Waals surface area contributed by atoms with Crippen molar-refractivity contribution in [3.05, 3.63) is 17.8 Å². The van der Waals surface area contributed by atoms with Crippen LogP contribution in [0.5, 0.6) is 0 Å². The smallest absolute Gasteiger partial charge is 0.202 e. The Labute approximate surface area is 106 Å². The zero-order valence-electron chi connectivity index (χ0n) is 10.7. The van der Waals surface area contributed by atoms with Crippen molar-refractivity contribution in [3.63, 3.8) is 0 Å². The van der Waals surface area contributed by atoms with Gasteiger partial charge in [-0.1, -0.05) is 0 Å². The van der Waals surface area contributed by atoms with Gasteiger partial charge in [0.2, 0.25) is 5.95 Å². The predicted molar refractivity (Wildman–Crippen MR) is 74.3 cm³/mol. The van der Waals surface area contributed by atoms with Crippen LogP contribution in [0.25, 0.3) is 11.2 Å². The van der Waals surface area contributed by atoms with E-state index < -0.39 is 0 Å². The van der Waals surface area contributed by atoms with Crippen LogP contribution in [0.1, 0.15) is 19.4 Å². The van der Waals surface area contributed by atoms with Gasteiger partial charge in [0.05, 0.1) is 0 Å². The lowest BCUT2D eigenvalue weighted by Gasteiger charge is -2.23. The van der Waals surface area contributed by atoms with Gasteiger partial charge in [-0.3, -0.25) is 4.57 Å². The third-order valence-electron chi connectivity index (χ3n) is 2.84. The van der Waals surface area contributed by atoms with Crippen molar-refractivity contribution in [1.29, 1.82) is 0 Å². The minimum absolute atomic E-state index is 0.119. The van der Waals surface area contributed by atoms with E-state index in [2.05, 4.69) is 30.1 Å². The molecule has 0 aromatic carbocycles. The summed E-state index contributed by atoms with van der Waals surface area (Å²) in [6, 6.07) is 2.02. The number of anilines is 1. The molecule has 0 amide bonds. The Kier molecular flexibility index (Phi) is 3.03. The van der Waals surface area contributed by atoms with E-state index >= 15 is 0 Å². The molecule has 0 fully saturated rings. The van der Waals surface area contributed by atoms with Crippen LogP contribution < -0.4 is 5.73 Å². The maximum Gasteiger partial charge on any atom is 0.202 e. The van der Waals surface area contributed by atoms with Gasteiger partial charge in [0.25, 0.3) is 0 Å². The first-order valence-electron chi connectivity index (χ1n) is 5.56. The normalized spacial score (nSPS) is 12.2. The molecular formula is C12H18N4S. The number of aryl methyl sites for hydroxylation is 1. The van der Waals surface area contributed by atoms with Crippen LogP contribution in [0.15, 0.2) is 12.3 Å². The fraction of sp³-hybridized carbons (Fsp3) is 0.500. The van der Waals surface area contributed by atoms with Gasteiger partial charge in [-0.15, -0.1) is 0 Å². The SMILES string of the molecule is CSC(C)(C)Cn1c(N)nc2cc(C)cnc21. The molecule has 92 valence electrons. The number of hydrogen-bond donors (Lipinski definition) is 1. The molecule has 0 unspecified atom stereocenters. The van der Waals surface area contributed by atoms with Gasteiger partial charge in [-0.2, -0.15) is 11.8 Å². The number of aromatic nitrogens is 3. The number of hydrogen-bond acceptors (Lipinski definition) is 4. The second-order valence-corrected chi connectivity index (χ2v) is 6.39. The molecule has 0 atom stereocenters. The van der Waals surface area contributed by atoms with E-state index in [-0.39, 0.29) is 4.75 Å². The Morgan fingerprint density at radius 2 is 2.18 bits per heavy atom. The number of thioether (sulfide) groups is 1. The number of nitrogen functional groups attached to an aromatic ring is 1. The second-order valence-electron chi connectivity index (χ2n) is 4.88. The Bertz CT molecular complexity index is 545. The summed E-state index contributed by atoms with van der Waals surface area (Å²) in [4.78, 5) is 8.79. The molecule has 0 aliphatic carbocycles. The van der Waals surface area contributed by atoms with E-state index in [1.165, 1.54) is 0 Å². The van der Waals surface area contributed by atoms with Gasteiger partial charge in [-0.05, 0) is 38.7 Å². The highest BCUT2D eigenvalue weighted by molar-refractivity contribution is 7.99. The van der Waals surface area contributed by atoms with E-state index in [0.29, 0.717) is 5.95 Å². The highest BCUT2D eigenvalue weighted by Gasteiger charge is 2.20. The van der Waals surface area contributed by atoms with Crippen LogP contribution in [-0.2, 0) is 6.54 Å². The van der Waals surface area contributed by atoms with Gasteiger partial charge in [0.15, 0.2) is 5.65 Å². The summed E-state index contributed by atoms with van der Waals surface area (Å²) in [5, 5.41) is 0. The van der Waals surface area contributed by atoms with Crippen molar-refractivity contribution in [1.82, 2.24) is 14.5 Å². The molecule has 17 heavy (non-hydrogen) atoms. The van der Waals surface area contributed by atoms with E-state index in [9.17, 15) is 0 Å². The van der Waals surface area contributed by atoms with E-state index in [1.807, 2.05) is 35.5 Å². The fourth-order valence-corrected chi connectivity index (χ4v) is 1.99. The van der Waals surface area contributed by atoms with Crippen LogP contribution in [0, 0.1) is 6.92 Å². The minimum atomic E-state index is 0.119. The quantitative estimate of drug-likeness (QED) is 0.909. The third kappa shape index (κ3) is 2.39. The number of rotatable bonds is 3. The maximum absolute atomic E-state index is 5.97. The number of nitrogens with two attached hydrogens (primary N) is 1. The van der Waals surface area contributed by atoms with Crippen molar-refractivity contribution in [2.24, 2.45) is 0 Å². The number of imidazole rings is 1. The topological polar surface area (TPSA) is 56.7 Å². The van der Waals surface area contributed by atoms with E-state index in [1.54, 1.807) is 0 Å². The second kappa shape index (κ2) is 4.22. The van der Waals surface area contributed by atoms with Crippen molar-refractivity contribution in [2.75, 3.05) is 12.0 Å². The van der Waals surface area contributed by atoms with Crippen LogP contribution in [0.2, 0.25) is 0 Å². The van der Waals surface area contributed by atoms with Crippen LogP contribution in [0.4, 0.5) is 5.95 Å². The Balaban J connectivity index is 2.50. The summed E-state index contributed by atoms with van der Waals surface area (Å²) >= 11 is 1.81. The molecule has 0 saturated carbocycles. The van der Waals surface area contributed by atoms with Crippen LogP contribution in [0.3, 0.4) is 0 Å². The summed E-state index contributed by atoms with van der Waals surface area (Å²) in [7, 11) is 0. The third-order valence-corrected chi connectivity index (χ3v) is 4.08. The molecule has 2 heterocycles. The molecule has 4 nitrogen and oxygen atoms in total. The van der Waals surface area contributed by atoms with E-state index in [4.69, 9.17) is 5.73 Å². The number of fused-ring (bicyclic) bond motifs is 1. The predicted octanol–water partition coefficient (Wildman–Crippen LogP) is 2.46.